The van der Waals surface area contributed by atoms with E-state index in [0.29, 0.717) is 0 Å². The zero-order chi connectivity index (χ0) is 17.2. The summed E-state index contributed by atoms with van der Waals surface area (Å²) in [5.74, 6) is -0.298. The second-order valence-corrected chi connectivity index (χ2v) is 6.75. The van der Waals surface area contributed by atoms with Gasteiger partial charge in [-0.3, -0.25) is 9.59 Å². The molecule has 0 fully saturated rings. The highest BCUT2D eigenvalue weighted by molar-refractivity contribution is 5.92. The lowest BCUT2D eigenvalue weighted by Crippen LogP contribution is -2.30. The molecule has 0 aliphatic rings. The summed E-state index contributed by atoms with van der Waals surface area (Å²) in [7, 11) is 1.52. The molecule has 122 valence electrons. The fraction of sp³-hybridized carbons (Fsp3) is 0.389. The third-order valence-electron chi connectivity index (χ3n) is 3.82. The third-order valence-corrected chi connectivity index (χ3v) is 3.82. The molecule has 1 amide bonds. The molecule has 1 N–H and O–H groups in total. The lowest BCUT2D eigenvalue weighted by atomic mass is 9.86. The van der Waals surface area contributed by atoms with Crippen LogP contribution in [-0.4, -0.2) is 15.7 Å². The molecule has 0 saturated carbocycles. The number of aromatic nitrogens is 2. The molecule has 1 aromatic heterocycles. The SMILES string of the molecule is CC(NC(=O)c1ccc(=O)n(C)n1)c1ccc(C(C)(C)C)cc1. The van der Waals surface area contributed by atoms with Crippen LogP contribution in [0.2, 0.25) is 0 Å². The highest BCUT2D eigenvalue weighted by Crippen LogP contribution is 2.23. The molecule has 0 spiro atoms. The van der Waals surface area contributed by atoms with Crippen LogP contribution in [0.4, 0.5) is 0 Å². The van der Waals surface area contributed by atoms with Gasteiger partial charge in [-0.05, 0) is 29.5 Å². The number of hydrogen-bond donors (Lipinski definition) is 1. The number of hydrogen-bond acceptors (Lipinski definition) is 3. The molecule has 5 heteroatoms. The molecule has 1 heterocycles. The number of carbonyl (C=O) groups excluding carboxylic acids is 1. The highest BCUT2D eigenvalue weighted by Gasteiger charge is 2.16. The van der Waals surface area contributed by atoms with Gasteiger partial charge in [0.25, 0.3) is 11.5 Å². The summed E-state index contributed by atoms with van der Waals surface area (Å²) < 4.78 is 1.15. The van der Waals surface area contributed by atoms with Crippen molar-refractivity contribution in [2.45, 2.75) is 39.2 Å². The van der Waals surface area contributed by atoms with Gasteiger partial charge in [0.1, 0.15) is 5.69 Å². The van der Waals surface area contributed by atoms with Gasteiger partial charge in [-0.1, -0.05) is 45.0 Å². The lowest BCUT2D eigenvalue weighted by Gasteiger charge is -2.20. The summed E-state index contributed by atoms with van der Waals surface area (Å²) in [6.07, 6.45) is 0. The number of aryl methyl sites for hydroxylation is 1. The predicted molar refractivity (Wildman–Crippen MR) is 90.5 cm³/mol. The van der Waals surface area contributed by atoms with E-state index in [0.717, 1.165) is 10.2 Å². The van der Waals surface area contributed by atoms with Crippen molar-refractivity contribution in [3.8, 4) is 0 Å². The topological polar surface area (TPSA) is 64.0 Å². The van der Waals surface area contributed by atoms with Gasteiger partial charge in [-0.25, -0.2) is 4.68 Å². The maximum atomic E-state index is 12.2. The first-order valence-corrected chi connectivity index (χ1v) is 7.64. The minimum absolute atomic E-state index is 0.101. The van der Waals surface area contributed by atoms with Crippen LogP contribution in [0, 0.1) is 0 Å². The Bertz CT molecular complexity index is 755. The monoisotopic (exact) mass is 313 g/mol. The van der Waals surface area contributed by atoms with E-state index in [1.54, 1.807) is 0 Å². The number of rotatable bonds is 3. The van der Waals surface area contributed by atoms with E-state index in [9.17, 15) is 9.59 Å². The Kier molecular flexibility index (Phi) is 4.68. The predicted octanol–water partition coefficient (Wildman–Crippen LogP) is 2.57. The standard InChI is InChI=1S/C18H23N3O2/c1-12(13-6-8-14(9-7-13)18(2,3)4)19-17(23)15-10-11-16(22)21(5)20-15/h6-12H,1-5H3,(H,19,23). The minimum Gasteiger partial charge on any atom is -0.344 e. The fourth-order valence-corrected chi connectivity index (χ4v) is 2.25. The summed E-state index contributed by atoms with van der Waals surface area (Å²) in [5.41, 5.74) is 2.36. The van der Waals surface area contributed by atoms with Crippen LogP contribution in [-0.2, 0) is 12.5 Å². The van der Waals surface area contributed by atoms with E-state index in [-0.39, 0.29) is 28.6 Å². The maximum Gasteiger partial charge on any atom is 0.272 e. The van der Waals surface area contributed by atoms with Crippen LogP contribution in [0.1, 0.15) is 55.4 Å². The molecular weight excluding hydrogens is 290 g/mol. The number of nitrogens with one attached hydrogen (secondary N) is 1. The van der Waals surface area contributed by atoms with Crippen molar-refractivity contribution < 1.29 is 4.79 Å². The van der Waals surface area contributed by atoms with E-state index in [4.69, 9.17) is 0 Å². The zero-order valence-electron chi connectivity index (χ0n) is 14.3. The maximum absolute atomic E-state index is 12.2. The van der Waals surface area contributed by atoms with Gasteiger partial charge in [-0.15, -0.1) is 0 Å². The van der Waals surface area contributed by atoms with Gasteiger partial charge >= 0.3 is 0 Å². The molecule has 1 aromatic carbocycles. The van der Waals surface area contributed by atoms with Crippen molar-refractivity contribution in [2.75, 3.05) is 0 Å². The van der Waals surface area contributed by atoms with Crippen molar-refractivity contribution in [3.63, 3.8) is 0 Å². The summed E-state index contributed by atoms with van der Waals surface area (Å²) in [6.45, 7) is 8.42. The average molecular weight is 313 g/mol. The Morgan fingerprint density at radius 2 is 1.74 bits per heavy atom. The Balaban J connectivity index is 2.11. The van der Waals surface area contributed by atoms with Crippen LogP contribution in [0.15, 0.2) is 41.2 Å². The average Bonchev–Trinajstić information content (AvgIpc) is 2.49. The summed E-state index contributed by atoms with van der Waals surface area (Å²) in [6, 6.07) is 10.9. The molecule has 1 unspecified atom stereocenters. The second kappa shape index (κ2) is 6.36. The normalized spacial score (nSPS) is 12.7. The van der Waals surface area contributed by atoms with E-state index >= 15 is 0 Å². The molecule has 0 bridgehead atoms. The van der Waals surface area contributed by atoms with Crippen LogP contribution in [0.5, 0.6) is 0 Å². The van der Waals surface area contributed by atoms with E-state index < -0.39 is 0 Å². The first-order chi connectivity index (χ1) is 10.7. The Morgan fingerprint density at radius 1 is 1.13 bits per heavy atom. The summed E-state index contributed by atoms with van der Waals surface area (Å²) in [5, 5.41) is 6.86. The van der Waals surface area contributed by atoms with Gasteiger partial charge in [0.05, 0.1) is 6.04 Å². The van der Waals surface area contributed by atoms with Gasteiger partial charge in [0, 0.05) is 13.1 Å². The molecule has 0 aliphatic carbocycles. The first-order valence-electron chi connectivity index (χ1n) is 7.64. The number of carbonyl (C=O) groups is 1. The van der Waals surface area contributed by atoms with Gasteiger partial charge < -0.3 is 5.32 Å². The van der Waals surface area contributed by atoms with Crippen molar-refractivity contribution in [3.05, 3.63) is 63.6 Å². The van der Waals surface area contributed by atoms with Crippen LogP contribution < -0.4 is 10.9 Å². The molecule has 2 aromatic rings. The Labute approximate surface area is 136 Å². The molecule has 23 heavy (non-hydrogen) atoms. The van der Waals surface area contributed by atoms with E-state index in [2.05, 4.69) is 43.3 Å². The Hall–Kier alpha value is -2.43. The minimum atomic E-state index is -0.298. The first kappa shape index (κ1) is 16.9. The second-order valence-electron chi connectivity index (χ2n) is 6.75. The molecule has 0 aliphatic heterocycles. The summed E-state index contributed by atoms with van der Waals surface area (Å²) in [4.78, 5) is 23.5. The zero-order valence-corrected chi connectivity index (χ0v) is 14.3. The van der Waals surface area contributed by atoms with Crippen LogP contribution >= 0.6 is 0 Å². The number of amides is 1. The van der Waals surface area contributed by atoms with Gasteiger partial charge in [0.2, 0.25) is 0 Å². The Morgan fingerprint density at radius 3 is 2.26 bits per heavy atom. The molecular formula is C18H23N3O2. The van der Waals surface area contributed by atoms with Crippen LogP contribution in [0.3, 0.4) is 0 Å². The summed E-state index contributed by atoms with van der Waals surface area (Å²) >= 11 is 0. The smallest absolute Gasteiger partial charge is 0.272 e. The van der Waals surface area contributed by atoms with E-state index in [1.165, 1.54) is 24.7 Å². The molecule has 0 saturated heterocycles. The lowest BCUT2D eigenvalue weighted by molar-refractivity contribution is 0.0932. The highest BCUT2D eigenvalue weighted by atomic mass is 16.2. The van der Waals surface area contributed by atoms with Gasteiger partial charge in [0.15, 0.2) is 0 Å². The molecule has 0 radical (unpaired) electrons. The van der Waals surface area contributed by atoms with Gasteiger partial charge in [-0.2, -0.15) is 5.10 Å². The van der Waals surface area contributed by atoms with Crippen molar-refractivity contribution in [1.29, 1.82) is 0 Å². The quantitative estimate of drug-likeness (QED) is 0.947. The molecule has 1 atom stereocenters. The van der Waals surface area contributed by atoms with Crippen molar-refractivity contribution >= 4 is 5.91 Å². The largest absolute Gasteiger partial charge is 0.344 e. The molecule has 2 rings (SSSR count). The van der Waals surface area contributed by atoms with E-state index in [1.807, 2.05) is 19.1 Å². The number of nitrogens with zero attached hydrogens (tertiary/aromatic N) is 2. The van der Waals surface area contributed by atoms with Crippen molar-refractivity contribution in [2.24, 2.45) is 7.05 Å². The van der Waals surface area contributed by atoms with Crippen molar-refractivity contribution in [1.82, 2.24) is 15.1 Å². The van der Waals surface area contributed by atoms with Crippen LogP contribution in [0.25, 0.3) is 0 Å². The third kappa shape index (κ3) is 4.06. The number of benzene rings is 1. The fourth-order valence-electron chi connectivity index (χ4n) is 2.25. The molecule has 5 nitrogen and oxygen atoms in total.